The third-order valence-electron chi connectivity index (χ3n) is 3.64. The summed E-state index contributed by atoms with van der Waals surface area (Å²) in [7, 11) is 1.46. The lowest BCUT2D eigenvalue weighted by Gasteiger charge is -2.11. The van der Waals surface area contributed by atoms with Crippen LogP contribution >= 0.6 is 11.8 Å². The second-order valence-corrected chi connectivity index (χ2v) is 5.97. The van der Waals surface area contributed by atoms with Crippen molar-refractivity contribution in [2.75, 3.05) is 13.4 Å². The van der Waals surface area contributed by atoms with E-state index in [9.17, 15) is 4.79 Å². The largest absolute Gasteiger partial charge is 0.493 e. The highest BCUT2D eigenvalue weighted by Gasteiger charge is 2.14. The number of aromatic nitrogens is 2. The number of imidazole rings is 1. The van der Waals surface area contributed by atoms with Crippen molar-refractivity contribution in [1.82, 2.24) is 9.55 Å². The van der Waals surface area contributed by atoms with Crippen molar-refractivity contribution in [3.8, 4) is 23.3 Å². The molecule has 3 rings (SSSR count). The lowest BCUT2D eigenvalue weighted by molar-refractivity contribution is 0.0729. The van der Waals surface area contributed by atoms with E-state index in [1.54, 1.807) is 36.5 Å². The number of hydrogen-bond acceptors (Lipinski definition) is 6. The monoisotopic (exact) mass is 365 g/mol. The topological polar surface area (TPSA) is 77.1 Å². The summed E-state index contributed by atoms with van der Waals surface area (Å²) in [6, 6.07) is 13.7. The van der Waals surface area contributed by atoms with E-state index >= 15 is 0 Å². The summed E-state index contributed by atoms with van der Waals surface area (Å²) in [5, 5.41) is 9.77. The number of rotatable bonds is 5. The van der Waals surface area contributed by atoms with Gasteiger partial charge in [-0.1, -0.05) is 17.8 Å². The maximum absolute atomic E-state index is 12.5. The van der Waals surface area contributed by atoms with E-state index in [1.165, 1.54) is 24.9 Å². The molecule has 0 saturated heterocycles. The van der Waals surface area contributed by atoms with Gasteiger partial charge in [-0.3, -0.25) is 4.57 Å². The molecule has 0 bridgehead atoms. The van der Waals surface area contributed by atoms with Gasteiger partial charge >= 0.3 is 5.97 Å². The first-order valence-electron chi connectivity index (χ1n) is 7.64. The van der Waals surface area contributed by atoms with Crippen molar-refractivity contribution in [2.45, 2.75) is 5.16 Å². The molecule has 0 radical (unpaired) electrons. The molecule has 0 aliphatic carbocycles. The van der Waals surface area contributed by atoms with Crippen LogP contribution in [0.15, 0.2) is 60.0 Å². The molecule has 26 heavy (non-hydrogen) atoms. The highest BCUT2D eigenvalue weighted by Crippen LogP contribution is 2.29. The summed E-state index contributed by atoms with van der Waals surface area (Å²) in [5.74, 6) is 0.0721. The number of methoxy groups -OCH3 is 1. The van der Waals surface area contributed by atoms with Crippen molar-refractivity contribution in [3.63, 3.8) is 0 Å². The second kappa shape index (κ2) is 7.76. The molecule has 130 valence electrons. The third-order valence-corrected chi connectivity index (χ3v) is 4.31. The number of carbonyl (C=O) groups is 1. The van der Waals surface area contributed by atoms with Crippen LogP contribution in [0.2, 0.25) is 0 Å². The van der Waals surface area contributed by atoms with Gasteiger partial charge in [0.15, 0.2) is 16.7 Å². The zero-order chi connectivity index (χ0) is 18.5. The van der Waals surface area contributed by atoms with Crippen molar-refractivity contribution in [3.05, 3.63) is 66.0 Å². The van der Waals surface area contributed by atoms with Gasteiger partial charge in [0.25, 0.3) is 0 Å². The van der Waals surface area contributed by atoms with Crippen molar-refractivity contribution in [1.29, 1.82) is 5.26 Å². The quantitative estimate of drug-likeness (QED) is 0.390. The van der Waals surface area contributed by atoms with Gasteiger partial charge < -0.3 is 9.47 Å². The van der Waals surface area contributed by atoms with Gasteiger partial charge in [0.2, 0.25) is 0 Å². The van der Waals surface area contributed by atoms with Crippen LogP contribution in [-0.4, -0.2) is 28.9 Å². The summed E-state index contributed by atoms with van der Waals surface area (Å²) in [4.78, 5) is 16.8. The lowest BCUT2D eigenvalue weighted by Crippen LogP contribution is -2.10. The lowest BCUT2D eigenvalue weighted by atomic mass is 10.2. The van der Waals surface area contributed by atoms with Crippen LogP contribution in [0.25, 0.3) is 5.69 Å². The van der Waals surface area contributed by atoms with Gasteiger partial charge in [-0.15, -0.1) is 0 Å². The number of benzene rings is 2. The Morgan fingerprint density at radius 1 is 1.23 bits per heavy atom. The molecule has 0 saturated carbocycles. The second-order valence-electron chi connectivity index (χ2n) is 5.20. The van der Waals surface area contributed by atoms with Gasteiger partial charge in [0.05, 0.1) is 24.3 Å². The third kappa shape index (κ3) is 3.55. The number of hydrogen-bond donors (Lipinski definition) is 0. The highest BCUT2D eigenvalue weighted by atomic mass is 32.2. The Morgan fingerprint density at radius 3 is 2.81 bits per heavy atom. The molecule has 7 heteroatoms. The Labute approximate surface area is 155 Å². The molecular weight excluding hydrogens is 350 g/mol. The minimum Gasteiger partial charge on any atom is -0.493 e. The van der Waals surface area contributed by atoms with Crippen LogP contribution in [0.3, 0.4) is 0 Å². The summed E-state index contributed by atoms with van der Waals surface area (Å²) >= 11 is 1.51. The van der Waals surface area contributed by atoms with Gasteiger partial charge in [0.1, 0.15) is 0 Å². The number of esters is 1. The van der Waals surface area contributed by atoms with Crippen LogP contribution in [-0.2, 0) is 0 Å². The number of nitrogens with zero attached hydrogens (tertiary/aromatic N) is 3. The van der Waals surface area contributed by atoms with Crippen LogP contribution in [0, 0.1) is 11.3 Å². The number of ether oxygens (including phenoxy) is 2. The van der Waals surface area contributed by atoms with Gasteiger partial charge in [-0.25, -0.2) is 9.78 Å². The maximum Gasteiger partial charge on any atom is 0.343 e. The fourth-order valence-corrected chi connectivity index (χ4v) is 2.93. The summed E-state index contributed by atoms with van der Waals surface area (Å²) < 4.78 is 12.5. The molecule has 0 unspecified atom stereocenters. The van der Waals surface area contributed by atoms with Crippen LogP contribution in [0.1, 0.15) is 15.9 Å². The Balaban J connectivity index is 1.88. The van der Waals surface area contributed by atoms with Gasteiger partial charge in [-0.2, -0.15) is 5.26 Å². The summed E-state index contributed by atoms with van der Waals surface area (Å²) in [5.41, 5.74) is 1.64. The molecule has 1 aromatic heterocycles. The molecule has 2 aromatic carbocycles. The Kier molecular flexibility index (Phi) is 5.25. The molecule has 0 aliphatic heterocycles. The summed E-state index contributed by atoms with van der Waals surface area (Å²) in [6.45, 7) is 0. The molecule has 0 amide bonds. The molecule has 0 aliphatic rings. The molecule has 0 fully saturated rings. The molecular formula is C19H15N3O3S. The van der Waals surface area contributed by atoms with E-state index in [0.29, 0.717) is 16.9 Å². The minimum absolute atomic E-state index is 0.259. The van der Waals surface area contributed by atoms with Crippen molar-refractivity contribution >= 4 is 17.7 Å². The number of nitriles is 1. The first kappa shape index (κ1) is 17.6. The predicted molar refractivity (Wildman–Crippen MR) is 98.0 cm³/mol. The fourth-order valence-electron chi connectivity index (χ4n) is 2.40. The van der Waals surface area contributed by atoms with Crippen molar-refractivity contribution < 1.29 is 14.3 Å². The molecule has 0 atom stereocenters. The number of carbonyl (C=O) groups excluding carboxylic acids is 1. The predicted octanol–water partition coefficient (Wildman–Crippen LogP) is 3.69. The van der Waals surface area contributed by atoms with Gasteiger partial charge in [0, 0.05) is 24.1 Å². The Hall–Kier alpha value is -3.24. The Bertz CT molecular complexity index is 992. The average Bonchev–Trinajstić information content (AvgIpc) is 3.17. The first-order valence-corrected chi connectivity index (χ1v) is 8.87. The highest BCUT2D eigenvalue weighted by molar-refractivity contribution is 7.98. The van der Waals surface area contributed by atoms with E-state index in [0.717, 1.165) is 10.8 Å². The summed E-state index contributed by atoms with van der Waals surface area (Å²) in [6.07, 6.45) is 5.48. The van der Waals surface area contributed by atoms with E-state index in [2.05, 4.69) is 4.98 Å². The molecule has 1 heterocycles. The smallest absolute Gasteiger partial charge is 0.343 e. The van der Waals surface area contributed by atoms with E-state index in [-0.39, 0.29) is 5.75 Å². The van der Waals surface area contributed by atoms with E-state index in [4.69, 9.17) is 14.7 Å². The normalized spacial score (nSPS) is 10.2. The van der Waals surface area contributed by atoms with Crippen molar-refractivity contribution in [2.24, 2.45) is 0 Å². The van der Waals surface area contributed by atoms with Gasteiger partial charge in [-0.05, 0) is 36.6 Å². The number of thioether (sulfide) groups is 1. The van der Waals surface area contributed by atoms with Crippen LogP contribution in [0.5, 0.6) is 11.5 Å². The zero-order valence-electron chi connectivity index (χ0n) is 14.2. The molecule has 3 aromatic rings. The molecule has 0 spiro atoms. The average molecular weight is 365 g/mol. The minimum atomic E-state index is -0.513. The molecule has 0 N–H and O–H groups in total. The SMILES string of the molecule is COc1cc(C#N)ccc1OC(=O)c1cccc(-n2ccnc2SC)c1. The molecule has 6 nitrogen and oxygen atoms in total. The van der Waals surface area contributed by atoms with E-state index in [1.807, 2.05) is 29.2 Å². The van der Waals surface area contributed by atoms with E-state index < -0.39 is 5.97 Å². The Morgan fingerprint density at radius 2 is 2.08 bits per heavy atom. The zero-order valence-corrected chi connectivity index (χ0v) is 15.0. The standard InChI is InChI=1S/C19H15N3O3S/c1-24-17-10-13(12-20)6-7-16(17)25-18(23)14-4-3-5-15(11-14)22-9-8-21-19(22)26-2/h3-11H,1-2H3. The fraction of sp³-hybridized carbons (Fsp3) is 0.105. The first-order chi connectivity index (χ1) is 12.7. The van der Waals surface area contributed by atoms with Crippen LogP contribution in [0.4, 0.5) is 0 Å². The maximum atomic E-state index is 12.5. The van der Waals surface area contributed by atoms with Crippen LogP contribution < -0.4 is 9.47 Å².